The number of hydrazine groups is 1. The van der Waals surface area contributed by atoms with Crippen LogP contribution in [0, 0.1) is 0 Å². The van der Waals surface area contributed by atoms with Crippen LogP contribution < -0.4 is 16.6 Å². The first kappa shape index (κ1) is 14.6. The molecule has 1 aromatic carbocycles. The van der Waals surface area contributed by atoms with Crippen molar-refractivity contribution >= 4 is 17.6 Å². The number of anilines is 1. The average Bonchev–Trinajstić information content (AvgIpc) is 2.30. The largest absolute Gasteiger partial charge is 0.508 e. The molecule has 1 unspecified atom stereocenters. The van der Waals surface area contributed by atoms with Crippen molar-refractivity contribution in [2.24, 2.45) is 5.73 Å². The Labute approximate surface area is 108 Å². The van der Waals surface area contributed by atoms with Gasteiger partial charge in [0.25, 0.3) is 0 Å². The maximum atomic E-state index is 10.9. The van der Waals surface area contributed by atoms with E-state index in [1.54, 1.807) is 0 Å². The number of aromatic hydroxyl groups is 2. The number of nitrogens with two attached hydrogens (primary N) is 1. The van der Waals surface area contributed by atoms with E-state index in [1.165, 1.54) is 12.1 Å². The van der Waals surface area contributed by atoms with E-state index in [0.717, 1.165) is 6.07 Å². The second-order valence-corrected chi connectivity index (χ2v) is 3.87. The Kier molecular flexibility index (Phi) is 4.95. The topological polar surface area (TPSA) is 145 Å². The number of nitrogens with one attached hydrogen (secondary N) is 2. The van der Waals surface area contributed by atoms with Crippen LogP contribution in [0.25, 0.3) is 0 Å². The van der Waals surface area contributed by atoms with Gasteiger partial charge in [-0.25, -0.2) is 5.43 Å². The molecule has 0 radical (unpaired) electrons. The van der Waals surface area contributed by atoms with Gasteiger partial charge < -0.3 is 26.5 Å². The molecule has 0 saturated heterocycles. The number of rotatable bonds is 7. The number of carbonyl (C=O) groups excluding carboxylic acids is 1. The number of phenols is 2. The highest BCUT2D eigenvalue weighted by atomic mass is 16.4. The van der Waals surface area contributed by atoms with Crippen molar-refractivity contribution in [1.82, 2.24) is 5.43 Å². The van der Waals surface area contributed by atoms with E-state index >= 15 is 0 Å². The molecule has 0 fully saturated rings. The van der Waals surface area contributed by atoms with Gasteiger partial charge in [0.15, 0.2) is 0 Å². The summed E-state index contributed by atoms with van der Waals surface area (Å²) in [5.74, 6) is -2.12. The highest BCUT2D eigenvalue weighted by Gasteiger charge is 2.18. The van der Waals surface area contributed by atoms with Crippen LogP contribution >= 0.6 is 0 Å². The van der Waals surface area contributed by atoms with Gasteiger partial charge in [-0.15, -0.1) is 0 Å². The molecule has 1 amide bonds. The lowest BCUT2D eigenvalue weighted by Crippen LogP contribution is -2.41. The highest BCUT2D eigenvalue weighted by Crippen LogP contribution is 2.26. The molecule has 104 valence electrons. The normalized spacial score (nSPS) is 11.8. The number of hydrogen-bond donors (Lipinski definition) is 6. The van der Waals surface area contributed by atoms with Crippen molar-refractivity contribution in [3.05, 3.63) is 18.2 Å². The van der Waals surface area contributed by atoms with Gasteiger partial charge in [-0.2, -0.15) is 0 Å². The Morgan fingerprint density at radius 3 is 2.53 bits per heavy atom. The van der Waals surface area contributed by atoms with E-state index in [2.05, 4.69) is 10.9 Å². The zero-order valence-electron chi connectivity index (χ0n) is 9.96. The van der Waals surface area contributed by atoms with E-state index in [4.69, 9.17) is 15.9 Å². The molecule has 0 aromatic heterocycles. The summed E-state index contributed by atoms with van der Waals surface area (Å²) in [5, 5.41) is 27.5. The molecular formula is C11H15N3O5. The summed E-state index contributed by atoms with van der Waals surface area (Å²) < 4.78 is 0. The van der Waals surface area contributed by atoms with Crippen molar-refractivity contribution in [2.45, 2.75) is 18.9 Å². The van der Waals surface area contributed by atoms with Crippen molar-refractivity contribution in [3.63, 3.8) is 0 Å². The smallest absolute Gasteiger partial charge is 0.322 e. The highest BCUT2D eigenvalue weighted by molar-refractivity contribution is 5.77. The molecule has 0 aliphatic carbocycles. The quantitative estimate of drug-likeness (QED) is 0.227. The van der Waals surface area contributed by atoms with Gasteiger partial charge in [-0.05, 0) is 18.6 Å². The number of carboxylic acids is 1. The van der Waals surface area contributed by atoms with Crippen molar-refractivity contribution in [3.8, 4) is 11.5 Å². The molecule has 8 heteroatoms. The van der Waals surface area contributed by atoms with Crippen LogP contribution in [0.1, 0.15) is 12.8 Å². The number of primary amides is 1. The van der Waals surface area contributed by atoms with Gasteiger partial charge in [0.1, 0.15) is 17.5 Å². The Hall–Kier alpha value is -2.48. The fourth-order valence-electron chi connectivity index (χ4n) is 1.33. The van der Waals surface area contributed by atoms with Crippen molar-refractivity contribution in [1.29, 1.82) is 0 Å². The molecule has 0 spiro atoms. The van der Waals surface area contributed by atoms with Gasteiger partial charge in [0, 0.05) is 12.5 Å². The van der Waals surface area contributed by atoms with Crippen LogP contribution in [0.2, 0.25) is 0 Å². The van der Waals surface area contributed by atoms with Gasteiger partial charge in [-0.3, -0.25) is 9.59 Å². The van der Waals surface area contributed by atoms with E-state index in [0.29, 0.717) is 0 Å². The second kappa shape index (κ2) is 6.45. The first-order chi connectivity index (χ1) is 8.90. The molecule has 0 bridgehead atoms. The van der Waals surface area contributed by atoms with Crippen LogP contribution in [0.3, 0.4) is 0 Å². The number of carbonyl (C=O) groups is 2. The molecule has 1 rings (SSSR count). The monoisotopic (exact) mass is 269 g/mol. The SMILES string of the molecule is NC(=O)CCC(NNc1ccc(O)cc1O)C(=O)O. The third kappa shape index (κ3) is 4.72. The maximum Gasteiger partial charge on any atom is 0.322 e. The number of hydrogen-bond acceptors (Lipinski definition) is 6. The first-order valence-corrected chi connectivity index (χ1v) is 5.44. The summed E-state index contributed by atoms with van der Waals surface area (Å²) in [7, 11) is 0. The minimum absolute atomic E-state index is 0.0104. The van der Waals surface area contributed by atoms with E-state index in [9.17, 15) is 14.7 Å². The summed E-state index contributed by atoms with van der Waals surface area (Å²) in [5.41, 5.74) is 10.1. The molecular weight excluding hydrogens is 254 g/mol. The molecule has 0 saturated carbocycles. The zero-order chi connectivity index (χ0) is 14.4. The number of amides is 1. The van der Waals surface area contributed by atoms with Gasteiger partial charge in [-0.1, -0.05) is 0 Å². The fraction of sp³-hybridized carbons (Fsp3) is 0.273. The van der Waals surface area contributed by atoms with Crippen LogP contribution in [-0.4, -0.2) is 33.2 Å². The maximum absolute atomic E-state index is 10.9. The van der Waals surface area contributed by atoms with Crippen LogP contribution in [-0.2, 0) is 9.59 Å². The summed E-state index contributed by atoms with van der Waals surface area (Å²) in [6.45, 7) is 0. The minimum Gasteiger partial charge on any atom is -0.508 e. The Morgan fingerprint density at radius 2 is 2.00 bits per heavy atom. The second-order valence-electron chi connectivity index (χ2n) is 3.87. The third-order valence-electron chi connectivity index (χ3n) is 2.34. The van der Waals surface area contributed by atoms with Gasteiger partial charge >= 0.3 is 5.97 Å². The number of carboxylic acid groups (broad SMARTS) is 1. The summed E-state index contributed by atoms with van der Waals surface area (Å²) in [6.07, 6.45) is -0.0658. The lowest BCUT2D eigenvalue weighted by atomic mass is 10.1. The van der Waals surface area contributed by atoms with Gasteiger partial charge in [0.2, 0.25) is 5.91 Å². The molecule has 7 N–H and O–H groups in total. The Balaban J connectivity index is 2.60. The predicted molar refractivity (Wildman–Crippen MR) is 66.4 cm³/mol. The average molecular weight is 269 g/mol. The molecule has 0 aliphatic heterocycles. The van der Waals surface area contributed by atoms with Crippen LogP contribution in [0.5, 0.6) is 11.5 Å². The lowest BCUT2D eigenvalue weighted by molar-refractivity contribution is -0.139. The lowest BCUT2D eigenvalue weighted by Gasteiger charge is -2.16. The number of aliphatic carboxylic acids is 1. The Bertz CT molecular complexity index is 477. The summed E-state index contributed by atoms with van der Waals surface area (Å²) in [4.78, 5) is 21.5. The molecule has 8 nitrogen and oxygen atoms in total. The van der Waals surface area contributed by atoms with Gasteiger partial charge in [0.05, 0.1) is 5.69 Å². The third-order valence-corrected chi connectivity index (χ3v) is 2.34. The molecule has 19 heavy (non-hydrogen) atoms. The first-order valence-electron chi connectivity index (χ1n) is 5.44. The van der Waals surface area contributed by atoms with E-state index in [1.807, 2.05) is 0 Å². The standard InChI is InChI=1S/C11H15N3O5/c12-10(17)4-3-8(11(18)19)14-13-7-2-1-6(15)5-9(7)16/h1-2,5,8,13-16H,3-4H2,(H2,12,17)(H,18,19). The molecule has 1 atom stereocenters. The molecule has 1 aromatic rings. The van der Waals surface area contributed by atoms with E-state index < -0.39 is 17.9 Å². The van der Waals surface area contributed by atoms with E-state index in [-0.39, 0.29) is 30.0 Å². The molecule has 0 heterocycles. The summed E-state index contributed by atoms with van der Waals surface area (Å²) in [6, 6.07) is 2.75. The molecule has 0 aliphatic rings. The minimum atomic E-state index is -1.16. The van der Waals surface area contributed by atoms with Crippen LogP contribution in [0.15, 0.2) is 18.2 Å². The van der Waals surface area contributed by atoms with Crippen molar-refractivity contribution < 1.29 is 24.9 Å². The number of benzene rings is 1. The predicted octanol–water partition coefficient (Wildman–Crippen LogP) is -0.267. The zero-order valence-corrected chi connectivity index (χ0v) is 9.96. The number of phenolic OH excluding ortho intramolecular Hbond substituents is 2. The van der Waals surface area contributed by atoms with Crippen molar-refractivity contribution in [2.75, 3.05) is 5.43 Å². The fourth-order valence-corrected chi connectivity index (χ4v) is 1.33. The summed E-state index contributed by atoms with van der Waals surface area (Å²) >= 11 is 0. The Morgan fingerprint density at radius 1 is 1.32 bits per heavy atom. The van der Waals surface area contributed by atoms with Crippen LogP contribution in [0.4, 0.5) is 5.69 Å².